The van der Waals surface area contributed by atoms with Gasteiger partial charge in [0.25, 0.3) is 5.89 Å². The van der Waals surface area contributed by atoms with Gasteiger partial charge in [0.15, 0.2) is 6.29 Å². The number of fused-ring (bicyclic) bond motifs is 1. The minimum absolute atomic E-state index is 0.0461. The summed E-state index contributed by atoms with van der Waals surface area (Å²) in [5.41, 5.74) is 3.23. The van der Waals surface area contributed by atoms with Gasteiger partial charge in [-0.25, -0.2) is 0 Å². The predicted molar refractivity (Wildman–Crippen MR) is 128 cm³/mol. The van der Waals surface area contributed by atoms with Crippen LogP contribution in [0.1, 0.15) is 66.8 Å². The van der Waals surface area contributed by atoms with Crippen molar-refractivity contribution in [1.29, 1.82) is 0 Å². The Labute approximate surface area is 204 Å². The van der Waals surface area contributed by atoms with Crippen LogP contribution in [0.4, 0.5) is 5.69 Å². The molecule has 4 fully saturated rings. The Bertz CT molecular complexity index is 1140. The molecule has 4 saturated carbocycles. The second-order valence-electron chi connectivity index (χ2n) is 10.7. The summed E-state index contributed by atoms with van der Waals surface area (Å²) < 4.78 is 15.9. The number of hydrogen-bond donors (Lipinski definition) is 2. The molecule has 9 nitrogen and oxygen atoms in total. The maximum atomic E-state index is 12.6. The maximum Gasteiger partial charge on any atom is 0.262 e. The van der Waals surface area contributed by atoms with Crippen LogP contribution in [0.3, 0.4) is 0 Å². The van der Waals surface area contributed by atoms with Gasteiger partial charge in [0.1, 0.15) is 0 Å². The van der Waals surface area contributed by atoms with Crippen LogP contribution in [0.5, 0.6) is 0 Å². The first-order valence-corrected chi connectivity index (χ1v) is 12.6. The summed E-state index contributed by atoms with van der Waals surface area (Å²) in [6.45, 7) is 0. The van der Waals surface area contributed by atoms with Crippen LogP contribution >= 0.6 is 0 Å². The third-order valence-corrected chi connectivity index (χ3v) is 8.39. The first-order valence-electron chi connectivity index (χ1n) is 12.6. The summed E-state index contributed by atoms with van der Waals surface area (Å²) in [6.07, 6.45) is 11.9. The summed E-state index contributed by atoms with van der Waals surface area (Å²) in [4.78, 5) is 21.7. The van der Waals surface area contributed by atoms with E-state index in [1.807, 2.05) is 0 Å². The van der Waals surface area contributed by atoms with E-state index in [2.05, 4.69) is 32.6 Å². The van der Waals surface area contributed by atoms with Crippen molar-refractivity contribution in [3.05, 3.63) is 29.4 Å². The molecular formula is C26H32N4O5. The minimum atomic E-state index is -0.482. The van der Waals surface area contributed by atoms with Crippen LogP contribution in [-0.2, 0) is 15.9 Å². The van der Waals surface area contributed by atoms with Gasteiger partial charge < -0.3 is 24.4 Å². The van der Waals surface area contributed by atoms with E-state index in [1.54, 1.807) is 20.4 Å². The first kappa shape index (κ1) is 22.8. The topological polar surface area (TPSA) is 120 Å². The molecule has 0 amide bonds. The van der Waals surface area contributed by atoms with E-state index in [4.69, 9.17) is 14.0 Å². The van der Waals surface area contributed by atoms with Gasteiger partial charge >= 0.3 is 0 Å². The molecule has 5 aliphatic carbocycles. The van der Waals surface area contributed by atoms with Crippen molar-refractivity contribution in [2.24, 2.45) is 17.8 Å². The SMILES string of the molecule is COC(CCC(=O)c1noc(-c2cnc3c(c2NC2[C@@H]4CC5C[C@H]2CC(O)(C5)C4)C=CC3)n1)OC. The quantitative estimate of drug-likeness (QED) is 0.409. The number of allylic oxidation sites excluding steroid dienone is 1. The zero-order valence-electron chi connectivity index (χ0n) is 20.2. The largest absolute Gasteiger partial charge is 0.390 e. The van der Waals surface area contributed by atoms with E-state index < -0.39 is 11.9 Å². The highest BCUT2D eigenvalue weighted by Gasteiger charge is 2.55. The van der Waals surface area contributed by atoms with Crippen LogP contribution in [0.15, 0.2) is 16.8 Å². The molecule has 9 heteroatoms. The molecule has 35 heavy (non-hydrogen) atoms. The van der Waals surface area contributed by atoms with Crippen molar-refractivity contribution in [2.45, 2.75) is 69.3 Å². The van der Waals surface area contributed by atoms with Gasteiger partial charge in [0, 0.05) is 51.3 Å². The van der Waals surface area contributed by atoms with Crippen molar-refractivity contribution in [3.63, 3.8) is 0 Å². The second-order valence-corrected chi connectivity index (χ2v) is 10.7. The van der Waals surface area contributed by atoms with Gasteiger partial charge in [-0.3, -0.25) is 9.78 Å². The van der Waals surface area contributed by atoms with Crippen LogP contribution < -0.4 is 5.32 Å². The molecule has 0 radical (unpaired) electrons. The molecular weight excluding hydrogens is 448 g/mol. The lowest BCUT2D eigenvalue weighted by Gasteiger charge is -2.58. The van der Waals surface area contributed by atoms with Crippen molar-refractivity contribution in [3.8, 4) is 11.5 Å². The number of hydrogen-bond acceptors (Lipinski definition) is 9. The average molecular weight is 481 g/mol. The normalized spacial score (nSPS) is 30.3. The number of anilines is 1. The molecule has 2 aromatic rings. The molecule has 0 aliphatic heterocycles. The molecule has 5 aliphatic rings. The molecule has 0 spiro atoms. The minimum Gasteiger partial charge on any atom is -0.390 e. The lowest BCUT2D eigenvalue weighted by Crippen LogP contribution is -2.59. The molecule has 7 rings (SSSR count). The Kier molecular flexibility index (Phi) is 5.74. The number of ketones is 1. The lowest BCUT2D eigenvalue weighted by molar-refractivity contribution is -0.129. The number of methoxy groups -OCH3 is 2. The molecule has 0 aromatic carbocycles. The third kappa shape index (κ3) is 4.09. The number of ether oxygens (including phenoxy) is 2. The summed E-state index contributed by atoms with van der Waals surface area (Å²) in [6, 6.07) is 0.287. The molecule has 2 aromatic heterocycles. The number of nitrogens with zero attached hydrogens (tertiary/aromatic N) is 3. The molecule has 186 valence electrons. The van der Waals surface area contributed by atoms with Crippen LogP contribution in [0.2, 0.25) is 0 Å². The van der Waals surface area contributed by atoms with Crippen molar-refractivity contribution >= 4 is 17.5 Å². The fraction of sp³-hybridized carbons (Fsp3) is 0.615. The van der Waals surface area contributed by atoms with Crippen molar-refractivity contribution in [2.75, 3.05) is 19.5 Å². The smallest absolute Gasteiger partial charge is 0.262 e. The van der Waals surface area contributed by atoms with E-state index in [0.717, 1.165) is 55.5 Å². The van der Waals surface area contributed by atoms with E-state index in [1.165, 1.54) is 0 Å². The summed E-state index contributed by atoms with van der Waals surface area (Å²) in [7, 11) is 3.08. The van der Waals surface area contributed by atoms with Crippen LogP contribution in [0, 0.1) is 17.8 Å². The van der Waals surface area contributed by atoms with Gasteiger partial charge in [0.05, 0.1) is 22.5 Å². The third-order valence-electron chi connectivity index (χ3n) is 8.39. The number of nitrogens with one attached hydrogen (secondary N) is 1. The van der Waals surface area contributed by atoms with Gasteiger partial charge in [-0.1, -0.05) is 17.3 Å². The highest BCUT2D eigenvalue weighted by Crippen LogP contribution is 2.56. The zero-order chi connectivity index (χ0) is 24.2. The highest BCUT2D eigenvalue weighted by atomic mass is 16.7. The van der Waals surface area contributed by atoms with Crippen molar-refractivity contribution in [1.82, 2.24) is 15.1 Å². The fourth-order valence-corrected chi connectivity index (χ4v) is 7.04. The lowest BCUT2D eigenvalue weighted by atomic mass is 9.52. The number of Topliss-reactive ketones (excluding diaryl/α,β-unsaturated/α-hetero) is 1. The van der Waals surface area contributed by atoms with Gasteiger partial charge in [-0.05, 0) is 49.9 Å². The van der Waals surface area contributed by atoms with Gasteiger partial charge in [-0.2, -0.15) is 4.98 Å². The Morgan fingerprint density at radius 1 is 1.26 bits per heavy atom. The maximum absolute atomic E-state index is 12.6. The molecule has 0 saturated heterocycles. The van der Waals surface area contributed by atoms with Crippen molar-refractivity contribution < 1.29 is 23.9 Å². The fourth-order valence-electron chi connectivity index (χ4n) is 7.04. The van der Waals surface area contributed by atoms with Gasteiger partial charge in [0.2, 0.25) is 11.6 Å². The van der Waals surface area contributed by atoms with Gasteiger partial charge in [-0.15, -0.1) is 0 Å². The Balaban J connectivity index is 1.27. The van der Waals surface area contributed by atoms with E-state index in [9.17, 15) is 9.90 Å². The molecule has 2 N–H and O–H groups in total. The number of aliphatic hydroxyl groups is 1. The Morgan fingerprint density at radius 2 is 2.03 bits per heavy atom. The molecule has 4 bridgehead atoms. The number of pyridine rings is 1. The Hall–Kier alpha value is -2.62. The molecule has 3 unspecified atom stereocenters. The van der Waals surface area contributed by atoms with E-state index in [0.29, 0.717) is 29.7 Å². The number of rotatable bonds is 9. The monoisotopic (exact) mass is 480 g/mol. The average Bonchev–Trinajstić information content (AvgIpc) is 3.51. The standard InChI is InChI=1S/C26H32N4O5/c1-33-21(34-2)7-6-20(31)24-29-25(35-30-24)18-13-27-19-5-3-4-17(19)23(18)28-22-15-8-14-9-16(22)12-26(32,10-14)11-15/h3-4,13-16,21-22,32H,5-12H2,1-2H3,(H,27,28)/t14?,15-,16+,22?,26?. The zero-order valence-corrected chi connectivity index (χ0v) is 20.2. The Morgan fingerprint density at radius 3 is 2.74 bits per heavy atom. The number of carbonyl (C=O) groups excluding carboxylic acids is 1. The molecule has 5 atom stereocenters. The second kappa shape index (κ2) is 8.80. The van der Waals surface area contributed by atoms with E-state index >= 15 is 0 Å². The first-order chi connectivity index (χ1) is 17.0. The predicted octanol–water partition coefficient (Wildman–Crippen LogP) is 3.63. The number of aromatic nitrogens is 3. The highest BCUT2D eigenvalue weighted by molar-refractivity contribution is 5.93. The molecule has 2 heterocycles. The van der Waals surface area contributed by atoms with E-state index in [-0.39, 0.29) is 30.0 Å². The van der Waals surface area contributed by atoms with Crippen LogP contribution in [-0.4, -0.2) is 58.2 Å². The summed E-state index contributed by atoms with van der Waals surface area (Å²) in [5.74, 6) is 1.63. The number of carbonyl (C=O) groups is 1. The van der Waals surface area contributed by atoms with Crippen LogP contribution in [0.25, 0.3) is 17.5 Å². The summed E-state index contributed by atoms with van der Waals surface area (Å²) in [5, 5.41) is 18.8. The summed E-state index contributed by atoms with van der Waals surface area (Å²) >= 11 is 0.